The lowest BCUT2D eigenvalue weighted by molar-refractivity contribution is -0.304. The number of carbonyl (C=O) groups excluding carboxylic acids is 1. The normalized spacial score (nSPS) is 13.2. The van der Waals surface area contributed by atoms with Crippen LogP contribution >= 0.6 is 11.5 Å². The Labute approximate surface area is 169 Å². The van der Waals surface area contributed by atoms with Gasteiger partial charge in [0.05, 0.1) is 4.90 Å². The number of nitrogens with one attached hydrogen (secondary N) is 3. The number of hydrogen-bond acceptors (Lipinski definition) is 6. The fourth-order valence-corrected chi connectivity index (χ4v) is 3.59. The number of aromatic nitrogens is 2. The van der Waals surface area contributed by atoms with E-state index >= 15 is 0 Å². The van der Waals surface area contributed by atoms with E-state index in [1.807, 2.05) is 0 Å². The Balaban J connectivity index is 2.12. The Morgan fingerprint density at radius 1 is 1.07 bits per heavy atom. The van der Waals surface area contributed by atoms with Crippen molar-refractivity contribution in [2.24, 2.45) is 0 Å². The van der Waals surface area contributed by atoms with E-state index in [1.165, 1.54) is 22.4 Å². The first kappa shape index (κ1) is 23.8. The summed E-state index contributed by atoms with van der Waals surface area (Å²) >= 11 is 1.06. The van der Waals surface area contributed by atoms with E-state index in [-0.39, 0.29) is 0 Å². The highest BCUT2D eigenvalue weighted by atomic mass is 32.2. The molecule has 0 radical (unpaired) electrons. The van der Waals surface area contributed by atoms with Gasteiger partial charge in [0.15, 0.2) is 0 Å². The minimum Gasteiger partial charge on any atom is -0.315 e. The van der Waals surface area contributed by atoms with E-state index in [0.29, 0.717) is 18.2 Å². The minimum absolute atomic E-state index is 0.414. The summed E-state index contributed by atoms with van der Waals surface area (Å²) in [6, 6.07) is 2.85. The van der Waals surface area contributed by atoms with Crippen LogP contribution in [0.2, 0.25) is 0 Å². The number of carbonyl (C=O) groups is 1. The number of sulfonamides is 1. The molecule has 0 atom stereocenters. The molecular weight excluding hydrogens is 464 g/mol. The summed E-state index contributed by atoms with van der Waals surface area (Å²) in [5.74, 6) is 0. The standard InChI is InChI=1S/C14H13F6N5O3S2/c1-2-12(13(15,16)17,14(18,19)20)21-11(26)23-25-30(27,28)9-5-3-8(4-6-9)10-7-29-24-22-10/h3-7,25H,2H2,1H3,(H2,21,23,26). The summed E-state index contributed by atoms with van der Waals surface area (Å²) in [5.41, 5.74) is -2.29. The molecule has 1 aromatic carbocycles. The molecule has 2 aromatic rings. The lowest BCUT2D eigenvalue weighted by atomic mass is 9.94. The minimum atomic E-state index is -5.88. The highest BCUT2D eigenvalue weighted by Crippen LogP contribution is 2.45. The molecule has 0 aliphatic carbocycles. The zero-order valence-electron chi connectivity index (χ0n) is 14.8. The van der Waals surface area contributed by atoms with Gasteiger partial charge in [-0.1, -0.05) is 23.5 Å². The topological polar surface area (TPSA) is 113 Å². The van der Waals surface area contributed by atoms with Gasteiger partial charge >= 0.3 is 18.4 Å². The Hall–Kier alpha value is -2.46. The molecule has 1 heterocycles. The van der Waals surface area contributed by atoms with Crippen molar-refractivity contribution in [3.63, 3.8) is 0 Å². The van der Waals surface area contributed by atoms with Crippen LogP contribution in [0.5, 0.6) is 0 Å². The zero-order chi connectivity index (χ0) is 22.8. The van der Waals surface area contributed by atoms with Crippen LogP contribution in [0.1, 0.15) is 13.3 Å². The van der Waals surface area contributed by atoms with Crippen molar-refractivity contribution in [1.82, 2.24) is 25.2 Å². The number of hydrogen-bond donors (Lipinski definition) is 3. The molecule has 0 spiro atoms. The molecule has 1 aromatic heterocycles. The molecule has 0 aliphatic heterocycles. The first-order valence-corrected chi connectivity index (χ1v) is 10.2. The average Bonchev–Trinajstić information content (AvgIpc) is 3.17. The van der Waals surface area contributed by atoms with Crippen molar-refractivity contribution in [3.8, 4) is 11.3 Å². The lowest BCUT2D eigenvalue weighted by Gasteiger charge is -2.36. The second-order valence-corrected chi connectivity index (χ2v) is 8.05. The summed E-state index contributed by atoms with van der Waals surface area (Å²) < 4.78 is 106. The lowest BCUT2D eigenvalue weighted by Crippen LogP contribution is -2.69. The third kappa shape index (κ3) is 4.81. The molecule has 0 aliphatic rings. The van der Waals surface area contributed by atoms with Crippen LogP contribution in [-0.2, 0) is 10.0 Å². The molecule has 16 heteroatoms. The Morgan fingerprint density at radius 3 is 2.07 bits per heavy atom. The maximum absolute atomic E-state index is 13.0. The number of benzene rings is 1. The molecular formula is C14H13F6N5O3S2. The maximum Gasteiger partial charge on any atom is 0.420 e. The molecule has 0 unspecified atom stereocenters. The maximum atomic E-state index is 13.0. The SMILES string of the molecule is CCC(NC(=O)NNS(=O)(=O)c1ccc(-c2csnn2)cc1)(C(F)(F)F)C(F)(F)F. The van der Waals surface area contributed by atoms with Crippen molar-refractivity contribution < 1.29 is 39.6 Å². The van der Waals surface area contributed by atoms with Gasteiger partial charge in [0.1, 0.15) is 5.69 Å². The number of amides is 2. The number of alkyl halides is 6. The van der Waals surface area contributed by atoms with Gasteiger partial charge in [-0.3, -0.25) is 5.43 Å². The second-order valence-electron chi connectivity index (χ2n) is 5.75. The Bertz CT molecular complexity index is 961. The average molecular weight is 477 g/mol. The number of halogens is 6. The van der Waals surface area contributed by atoms with Crippen LogP contribution in [0, 0.1) is 0 Å². The van der Waals surface area contributed by atoms with Gasteiger partial charge in [-0.05, 0) is 30.1 Å². The number of nitrogens with zero attached hydrogens (tertiary/aromatic N) is 2. The third-order valence-corrected chi connectivity index (χ3v) is 5.71. The van der Waals surface area contributed by atoms with Gasteiger partial charge < -0.3 is 5.32 Å². The predicted molar refractivity (Wildman–Crippen MR) is 92.5 cm³/mol. The highest BCUT2D eigenvalue weighted by Gasteiger charge is 2.70. The first-order valence-electron chi connectivity index (χ1n) is 7.84. The summed E-state index contributed by atoms with van der Waals surface area (Å²) in [7, 11) is -4.49. The Morgan fingerprint density at radius 2 is 1.63 bits per heavy atom. The van der Waals surface area contributed by atoms with Crippen LogP contribution in [0.25, 0.3) is 11.3 Å². The van der Waals surface area contributed by atoms with Crippen molar-refractivity contribution in [3.05, 3.63) is 29.6 Å². The van der Waals surface area contributed by atoms with Crippen LogP contribution in [0.15, 0.2) is 34.5 Å². The monoisotopic (exact) mass is 477 g/mol. The molecule has 8 nitrogen and oxygen atoms in total. The van der Waals surface area contributed by atoms with Crippen molar-refractivity contribution >= 4 is 27.6 Å². The van der Waals surface area contributed by atoms with E-state index in [2.05, 4.69) is 9.59 Å². The van der Waals surface area contributed by atoms with Gasteiger partial charge in [0.2, 0.25) is 5.54 Å². The quantitative estimate of drug-likeness (QED) is 0.438. The van der Waals surface area contributed by atoms with Crippen LogP contribution < -0.4 is 15.6 Å². The van der Waals surface area contributed by atoms with Crippen molar-refractivity contribution in [1.29, 1.82) is 0 Å². The third-order valence-electron chi connectivity index (χ3n) is 3.94. The van der Waals surface area contributed by atoms with E-state index in [4.69, 9.17) is 0 Å². The van der Waals surface area contributed by atoms with E-state index in [9.17, 15) is 39.6 Å². The molecule has 0 fully saturated rings. The van der Waals surface area contributed by atoms with Crippen molar-refractivity contribution in [2.75, 3.05) is 0 Å². The van der Waals surface area contributed by atoms with Crippen molar-refractivity contribution in [2.45, 2.75) is 36.1 Å². The molecule has 30 heavy (non-hydrogen) atoms. The smallest absolute Gasteiger partial charge is 0.315 e. The van der Waals surface area contributed by atoms with Gasteiger partial charge in [0.25, 0.3) is 10.0 Å². The molecule has 0 saturated heterocycles. The van der Waals surface area contributed by atoms with Crippen LogP contribution in [-0.4, -0.2) is 41.9 Å². The number of rotatable bonds is 6. The zero-order valence-corrected chi connectivity index (χ0v) is 16.4. The number of hydrazine groups is 1. The van der Waals surface area contributed by atoms with Gasteiger partial charge in [-0.2, -0.15) is 26.3 Å². The summed E-state index contributed by atoms with van der Waals surface area (Å²) in [5, 5.41) is 6.14. The van der Waals surface area contributed by atoms with Crippen LogP contribution in [0.3, 0.4) is 0 Å². The summed E-state index contributed by atoms with van der Waals surface area (Å²) in [4.78, 5) is 12.6. The fourth-order valence-electron chi connectivity index (χ4n) is 2.28. The highest BCUT2D eigenvalue weighted by molar-refractivity contribution is 7.89. The Kier molecular flexibility index (Phi) is 6.63. The van der Waals surface area contributed by atoms with E-state index in [1.54, 1.807) is 5.38 Å². The largest absolute Gasteiger partial charge is 0.420 e. The first-order chi connectivity index (χ1) is 13.7. The van der Waals surface area contributed by atoms with Crippen LogP contribution in [0.4, 0.5) is 31.1 Å². The summed E-state index contributed by atoms with van der Waals surface area (Å²) in [6.45, 7) is 0.574. The van der Waals surface area contributed by atoms with E-state index < -0.39 is 45.3 Å². The molecule has 3 N–H and O–H groups in total. The fraction of sp³-hybridized carbons (Fsp3) is 0.357. The van der Waals surface area contributed by atoms with Gasteiger partial charge in [0, 0.05) is 10.9 Å². The molecule has 2 amide bonds. The molecule has 2 rings (SSSR count). The molecule has 166 valence electrons. The summed E-state index contributed by atoms with van der Waals surface area (Å²) in [6.07, 6.45) is -13.3. The predicted octanol–water partition coefficient (Wildman–Crippen LogP) is 2.97. The molecule has 0 saturated carbocycles. The number of urea groups is 1. The molecule has 0 bridgehead atoms. The second kappa shape index (κ2) is 8.35. The van der Waals surface area contributed by atoms with E-state index in [0.717, 1.165) is 29.0 Å². The van der Waals surface area contributed by atoms with Gasteiger partial charge in [-0.15, -0.1) is 9.93 Å². The van der Waals surface area contributed by atoms with Gasteiger partial charge in [-0.25, -0.2) is 13.2 Å².